The van der Waals surface area contributed by atoms with Crippen molar-refractivity contribution < 1.29 is 18.7 Å². The SMILES string of the molecule is CCN(CC(=O)Nc1cccc(OC)c1)C(=O)C1(c2ccc(F)cc2)CCCC1. The highest BCUT2D eigenvalue weighted by molar-refractivity contribution is 5.97. The van der Waals surface area contributed by atoms with Crippen molar-refractivity contribution >= 4 is 17.5 Å². The lowest BCUT2D eigenvalue weighted by Crippen LogP contribution is -2.48. The van der Waals surface area contributed by atoms with E-state index in [0.29, 0.717) is 30.8 Å². The first-order valence-corrected chi connectivity index (χ1v) is 9.98. The van der Waals surface area contributed by atoms with Gasteiger partial charge in [-0.15, -0.1) is 0 Å². The number of carbonyl (C=O) groups excluding carboxylic acids is 2. The van der Waals surface area contributed by atoms with Gasteiger partial charge in [-0.3, -0.25) is 9.59 Å². The quantitative estimate of drug-likeness (QED) is 0.763. The molecule has 2 amide bonds. The standard InChI is InChI=1S/C23H27FN2O3/c1-3-26(16-21(27)25-19-7-6-8-20(15-19)29-2)22(28)23(13-4-5-14-23)17-9-11-18(24)12-10-17/h6-12,15H,3-5,13-14,16H2,1-2H3,(H,25,27). The number of halogens is 1. The second-order valence-corrected chi connectivity index (χ2v) is 7.40. The van der Waals surface area contributed by atoms with Crippen LogP contribution in [0.3, 0.4) is 0 Å². The Morgan fingerprint density at radius 2 is 1.83 bits per heavy atom. The summed E-state index contributed by atoms with van der Waals surface area (Å²) >= 11 is 0. The van der Waals surface area contributed by atoms with Crippen molar-refractivity contribution in [3.8, 4) is 5.75 Å². The van der Waals surface area contributed by atoms with Crippen LogP contribution in [0.1, 0.15) is 38.2 Å². The van der Waals surface area contributed by atoms with Gasteiger partial charge in [0.05, 0.1) is 19.1 Å². The molecule has 2 aromatic rings. The van der Waals surface area contributed by atoms with Gasteiger partial charge in [0.1, 0.15) is 11.6 Å². The van der Waals surface area contributed by atoms with E-state index in [9.17, 15) is 14.0 Å². The summed E-state index contributed by atoms with van der Waals surface area (Å²) in [5.74, 6) is -0.00240. The number of hydrogen-bond donors (Lipinski definition) is 1. The average Bonchev–Trinajstić information content (AvgIpc) is 3.23. The van der Waals surface area contributed by atoms with Gasteiger partial charge in [0.15, 0.2) is 0 Å². The smallest absolute Gasteiger partial charge is 0.243 e. The van der Waals surface area contributed by atoms with Gasteiger partial charge in [0.2, 0.25) is 11.8 Å². The van der Waals surface area contributed by atoms with E-state index in [4.69, 9.17) is 4.74 Å². The van der Waals surface area contributed by atoms with Gasteiger partial charge in [-0.05, 0) is 49.6 Å². The minimum atomic E-state index is -0.681. The summed E-state index contributed by atoms with van der Waals surface area (Å²) in [6.07, 6.45) is 3.31. The van der Waals surface area contributed by atoms with Gasteiger partial charge in [-0.1, -0.05) is 31.0 Å². The molecule has 0 unspecified atom stereocenters. The zero-order valence-corrected chi connectivity index (χ0v) is 16.9. The van der Waals surface area contributed by atoms with Gasteiger partial charge in [0.25, 0.3) is 0 Å². The van der Waals surface area contributed by atoms with Crippen LogP contribution >= 0.6 is 0 Å². The summed E-state index contributed by atoms with van der Waals surface area (Å²) in [4.78, 5) is 27.7. The van der Waals surface area contributed by atoms with Crippen LogP contribution in [0.25, 0.3) is 0 Å². The molecule has 0 saturated heterocycles. The first-order valence-electron chi connectivity index (χ1n) is 9.98. The van der Waals surface area contributed by atoms with E-state index in [1.807, 2.05) is 6.92 Å². The minimum absolute atomic E-state index is 0.0323. The second kappa shape index (κ2) is 9.07. The van der Waals surface area contributed by atoms with Crippen molar-refractivity contribution in [2.75, 3.05) is 25.5 Å². The summed E-state index contributed by atoms with van der Waals surface area (Å²) in [6, 6.07) is 13.3. The third-order valence-corrected chi connectivity index (χ3v) is 5.62. The number of anilines is 1. The Labute approximate surface area is 170 Å². The van der Waals surface area contributed by atoms with Crippen LogP contribution in [0.15, 0.2) is 48.5 Å². The van der Waals surface area contributed by atoms with Gasteiger partial charge >= 0.3 is 0 Å². The number of rotatable bonds is 7. The highest BCUT2D eigenvalue weighted by Crippen LogP contribution is 2.42. The predicted octanol–water partition coefficient (Wildman–Crippen LogP) is 4.13. The van der Waals surface area contributed by atoms with Gasteiger partial charge in [-0.2, -0.15) is 0 Å². The zero-order chi connectivity index (χ0) is 20.9. The molecular formula is C23H27FN2O3. The van der Waals surface area contributed by atoms with E-state index >= 15 is 0 Å². The molecule has 1 fully saturated rings. The Bertz CT molecular complexity index is 861. The monoisotopic (exact) mass is 398 g/mol. The molecule has 1 aliphatic carbocycles. The van der Waals surface area contributed by atoms with Gasteiger partial charge in [0, 0.05) is 18.3 Å². The Balaban J connectivity index is 1.76. The van der Waals surface area contributed by atoms with Crippen LogP contribution in [0.2, 0.25) is 0 Å². The minimum Gasteiger partial charge on any atom is -0.497 e. The molecule has 3 rings (SSSR count). The number of benzene rings is 2. The molecule has 1 aliphatic rings. The maximum absolute atomic E-state index is 13.5. The van der Waals surface area contributed by atoms with E-state index in [2.05, 4.69) is 5.32 Å². The molecule has 1 N–H and O–H groups in total. The van der Waals surface area contributed by atoms with E-state index in [-0.39, 0.29) is 24.2 Å². The Morgan fingerprint density at radius 1 is 1.14 bits per heavy atom. The summed E-state index contributed by atoms with van der Waals surface area (Å²) in [7, 11) is 1.56. The highest BCUT2D eigenvalue weighted by Gasteiger charge is 2.44. The van der Waals surface area contributed by atoms with Crippen molar-refractivity contribution in [1.29, 1.82) is 0 Å². The van der Waals surface area contributed by atoms with Gasteiger partial charge in [-0.25, -0.2) is 4.39 Å². The number of likely N-dealkylation sites (N-methyl/N-ethyl adjacent to an activating group) is 1. The Morgan fingerprint density at radius 3 is 2.45 bits per heavy atom. The highest BCUT2D eigenvalue weighted by atomic mass is 19.1. The molecule has 5 nitrogen and oxygen atoms in total. The number of nitrogens with one attached hydrogen (secondary N) is 1. The fourth-order valence-corrected chi connectivity index (χ4v) is 4.08. The number of carbonyl (C=O) groups is 2. The second-order valence-electron chi connectivity index (χ2n) is 7.40. The molecule has 0 heterocycles. The molecule has 1 saturated carbocycles. The van der Waals surface area contributed by atoms with Crippen LogP contribution < -0.4 is 10.1 Å². The summed E-state index contributed by atoms with van der Waals surface area (Å²) in [5, 5.41) is 2.82. The lowest BCUT2D eigenvalue weighted by Gasteiger charge is -2.34. The van der Waals surface area contributed by atoms with E-state index in [0.717, 1.165) is 18.4 Å². The fourth-order valence-electron chi connectivity index (χ4n) is 4.08. The molecular weight excluding hydrogens is 371 g/mol. The Kier molecular flexibility index (Phi) is 6.52. The molecule has 0 bridgehead atoms. The summed E-state index contributed by atoms with van der Waals surface area (Å²) in [6.45, 7) is 2.26. The van der Waals surface area contributed by atoms with Gasteiger partial charge < -0.3 is 15.0 Å². The van der Waals surface area contributed by atoms with Crippen LogP contribution in [-0.2, 0) is 15.0 Å². The van der Waals surface area contributed by atoms with Crippen molar-refractivity contribution in [2.24, 2.45) is 0 Å². The molecule has 0 radical (unpaired) electrons. The molecule has 0 spiro atoms. The normalized spacial score (nSPS) is 15.0. The first kappa shape index (κ1) is 20.8. The predicted molar refractivity (Wildman–Crippen MR) is 110 cm³/mol. The van der Waals surface area contributed by atoms with E-state index in [1.54, 1.807) is 48.4 Å². The van der Waals surface area contributed by atoms with Crippen LogP contribution in [0.5, 0.6) is 5.75 Å². The number of ether oxygens (including phenoxy) is 1. The largest absolute Gasteiger partial charge is 0.497 e. The topological polar surface area (TPSA) is 58.6 Å². The lowest BCUT2D eigenvalue weighted by atomic mass is 9.77. The molecule has 6 heteroatoms. The molecule has 154 valence electrons. The summed E-state index contributed by atoms with van der Waals surface area (Å²) < 4.78 is 18.6. The maximum Gasteiger partial charge on any atom is 0.243 e. The third kappa shape index (κ3) is 4.58. The zero-order valence-electron chi connectivity index (χ0n) is 16.9. The molecule has 0 aliphatic heterocycles. The van der Waals surface area contributed by atoms with Crippen molar-refractivity contribution in [2.45, 2.75) is 38.0 Å². The average molecular weight is 398 g/mol. The number of amides is 2. The lowest BCUT2D eigenvalue weighted by molar-refractivity contribution is -0.139. The summed E-state index contributed by atoms with van der Waals surface area (Å²) in [5.41, 5.74) is 0.764. The van der Waals surface area contributed by atoms with E-state index in [1.165, 1.54) is 12.1 Å². The maximum atomic E-state index is 13.5. The first-order chi connectivity index (χ1) is 14.0. The fraction of sp³-hybridized carbons (Fsp3) is 0.391. The van der Waals surface area contributed by atoms with Crippen LogP contribution in [0, 0.1) is 5.82 Å². The number of hydrogen-bond acceptors (Lipinski definition) is 3. The molecule has 0 atom stereocenters. The van der Waals surface area contributed by atoms with Crippen LogP contribution in [0.4, 0.5) is 10.1 Å². The van der Waals surface area contributed by atoms with Crippen molar-refractivity contribution in [3.63, 3.8) is 0 Å². The molecule has 0 aromatic heterocycles. The molecule has 29 heavy (non-hydrogen) atoms. The van der Waals surface area contributed by atoms with Crippen LogP contribution in [-0.4, -0.2) is 36.9 Å². The van der Waals surface area contributed by atoms with Crippen molar-refractivity contribution in [1.82, 2.24) is 4.90 Å². The number of nitrogens with zero attached hydrogens (tertiary/aromatic N) is 1. The molecule has 2 aromatic carbocycles. The Hall–Kier alpha value is -2.89. The third-order valence-electron chi connectivity index (χ3n) is 5.62. The number of methoxy groups -OCH3 is 1. The van der Waals surface area contributed by atoms with Crippen molar-refractivity contribution in [3.05, 3.63) is 59.9 Å². The van der Waals surface area contributed by atoms with E-state index < -0.39 is 5.41 Å².